The highest BCUT2D eigenvalue weighted by molar-refractivity contribution is 6.69. The van der Waals surface area contributed by atoms with E-state index < -0.39 is 5.24 Å². The summed E-state index contributed by atoms with van der Waals surface area (Å²) in [6.07, 6.45) is 0. The van der Waals surface area contributed by atoms with Crippen molar-refractivity contribution in [1.29, 1.82) is 0 Å². The number of halogens is 5. The van der Waals surface area contributed by atoms with E-state index in [1.165, 1.54) is 6.07 Å². The Morgan fingerprint density at radius 3 is 2.08 bits per heavy atom. The van der Waals surface area contributed by atoms with Crippen molar-refractivity contribution in [2.24, 2.45) is 0 Å². The van der Waals surface area contributed by atoms with Crippen LogP contribution in [0.3, 0.4) is 0 Å². The zero-order valence-corrected chi connectivity index (χ0v) is 9.99. The van der Waals surface area contributed by atoms with Crippen molar-refractivity contribution < 1.29 is 4.79 Å². The SMILES string of the molecule is Cl.Cl.O=C(Cl)c1cccc(Cl)c1Cl. The number of benzene rings is 1. The van der Waals surface area contributed by atoms with Gasteiger partial charge in [-0.3, -0.25) is 4.79 Å². The van der Waals surface area contributed by atoms with Crippen LogP contribution in [-0.2, 0) is 0 Å². The van der Waals surface area contributed by atoms with E-state index in [4.69, 9.17) is 34.8 Å². The molecule has 0 aliphatic carbocycles. The molecule has 0 aromatic heterocycles. The quantitative estimate of drug-likeness (QED) is 0.705. The minimum atomic E-state index is -0.600. The summed E-state index contributed by atoms with van der Waals surface area (Å²) in [5, 5.41) is -0.0650. The molecule has 0 atom stereocenters. The molecule has 0 fully saturated rings. The number of hydrogen-bond donors (Lipinski definition) is 0. The molecule has 74 valence electrons. The van der Waals surface area contributed by atoms with Crippen LogP contribution in [0.5, 0.6) is 0 Å². The smallest absolute Gasteiger partial charge is 0.253 e. The first kappa shape index (κ1) is 15.8. The molecular formula is C7H5Cl5O. The molecule has 6 heteroatoms. The highest BCUT2D eigenvalue weighted by Crippen LogP contribution is 2.26. The van der Waals surface area contributed by atoms with Crippen LogP contribution in [0.15, 0.2) is 18.2 Å². The van der Waals surface area contributed by atoms with Gasteiger partial charge < -0.3 is 0 Å². The van der Waals surface area contributed by atoms with Crippen molar-refractivity contribution in [2.45, 2.75) is 0 Å². The number of hydrogen-bond acceptors (Lipinski definition) is 1. The van der Waals surface area contributed by atoms with Crippen LogP contribution >= 0.6 is 59.6 Å². The molecule has 13 heavy (non-hydrogen) atoms. The summed E-state index contributed by atoms with van der Waals surface area (Å²) >= 11 is 16.5. The summed E-state index contributed by atoms with van der Waals surface area (Å²) in [4.78, 5) is 10.6. The maximum atomic E-state index is 10.6. The van der Waals surface area contributed by atoms with Gasteiger partial charge in [0.05, 0.1) is 15.6 Å². The molecule has 0 heterocycles. The fraction of sp³-hybridized carbons (Fsp3) is 0. The number of rotatable bonds is 1. The van der Waals surface area contributed by atoms with E-state index in [1.807, 2.05) is 0 Å². The first-order valence-electron chi connectivity index (χ1n) is 2.77. The van der Waals surface area contributed by atoms with Crippen LogP contribution < -0.4 is 0 Å². The van der Waals surface area contributed by atoms with Gasteiger partial charge in [-0.1, -0.05) is 29.3 Å². The monoisotopic (exact) mass is 280 g/mol. The summed E-state index contributed by atoms with van der Waals surface area (Å²) < 4.78 is 0. The summed E-state index contributed by atoms with van der Waals surface area (Å²) in [5.41, 5.74) is 0.237. The molecule has 0 saturated carbocycles. The second-order valence-corrected chi connectivity index (χ2v) is 3.00. The minimum absolute atomic E-state index is 0. The van der Waals surface area contributed by atoms with Gasteiger partial charge in [-0.15, -0.1) is 24.8 Å². The zero-order valence-electron chi connectivity index (χ0n) is 6.09. The Balaban J connectivity index is 0. The van der Waals surface area contributed by atoms with Gasteiger partial charge in [0.25, 0.3) is 5.24 Å². The first-order valence-corrected chi connectivity index (χ1v) is 3.90. The molecule has 1 aromatic rings. The summed E-state index contributed by atoms with van der Waals surface area (Å²) in [7, 11) is 0. The van der Waals surface area contributed by atoms with Crippen LogP contribution in [0.1, 0.15) is 10.4 Å². The Kier molecular flexibility index (Phi) is 8.19. The molecule has 1 rings (SSSR count). The van der Waals surface area contributed by atoms with Crippen LogP contribution in [-0.4, -0.2) is 5.24 Å². The Labute approximate surface area is 103 Å². The fourth-order valence-electron chi connectivity index (χ4n) is 0.656. The molecular weight excluding hydrogens is 277 g/mol. The highest BCUT2D eigenvalue weighted by Gasteiger charge is 2.08. The molecule has 1 nitrogen and oxygen atoms in total. The van der Waals surface area contributed by atoms with Crippen molar-refractivity contribution in [2.75, 3.05) is 0 Å². The van der Waals surface area contributed by atoms with Gasteiger partial charge in [0.1, 0.15) is 0 Å². The predicted molar refractivity (Wildman–Crippen MR) is 61.1 cm³/mol. The summed E-state index contributed by atoms with van der Waals surface area (Å²) in [6, 6.07) is 4.72. The molecule has 0 saturated heterocycles. The first-order chi connectivity index (χ1) is 5.13. The maximum Gasteiger partial charge on any atom is 0.253 e. The number of carbonyl (C=O) groups excluding carboxylic acids is 1. The normalized spacial score (nSPS) is 8.23. The van der Waals surface area contributed by atoms with E-state index in [-0.39, 0.29) is 35.4 Å². The average Bonchev–Trinajstić information content (AvgIpc) is 1.94. The van der Waals surface area contributed by atoms with E-state index >= 15 is 0 Å². The fourth-order valence-corrected chi connectivity index (χ4v) is 1.25. The van der Waals surface area contributed by atoms with E-state index in [9.17, 15) is 4.79 Å². The molecule has 0 unspecified atom stereocenters. The minimum Gasteiger partial charge on any atom is -0.276 e. The van der Waals surface area contributed by atoms with Crippen LogP contribution in [0.2, 0.25) is 10.0 Å². The van der Waals surface area contributed by atoms with Gasteiger partial charge >= 0.3 is 0 Å². The second-order valence-electron chi connectivity index (χ2n) is 1.88. The standard InChI is InChI=1S/C7H3Cl3O.2ClH/c8-5-3-1-2-4(6(5)9)7(10)11;;/h1-3H;2*1H. The summed E-state index contributed by atoms with van der Waals surface area (Å²) in [6.45, 7) is 0. The predicted octanol–water partition coefficient (Wildman–Crippen LogP) is 4.22. The molecule has 0 N–H and O–H groups in total. The third-order valence-electron chi connectivity index (χ3n) is 1.16. The molecule has 0 spiro atoms. The van der Waals surface area contributed by atoms with Crippen LogP contribution in [0, 0.1) is 0 Å². The van der Waals surface area contributed by atoms with E-state index in [2.05, 4.69) is 0 Å². The Bertz CT molecular complexity index is 299. The molecule has 0 amide bonds. The highest BCUT2D eigenvalue weighted by atomic mass is 35.5. The third kappa shape index (κ3) is 3.92. The molecule has 0 radical (unpaired) electrons. The molecule has 0 bridgehead atoms. The lowest BCUT2D eigenvalue weighted by atomic mass is 10.2. The number of carbonyl (C=O) groups is 1. The molecule has 1 aromatic carbocycles. The maximum absolute atomic E-state index is 10.6. The van der Waals surface area contributed by atoms with Crippen molar-refractivity contribution >= 4 is 64.9 Å². The van der Waals surface area contributed by atoms with E-state index in [1.54, 1.807) is 12.1 Å². The van der Waals surface area contributed by atoms with Gasteiger partial charge in [-0.2, -0.15) is 0 Å². The van der Waals surface area contributed by atoms with Gasteiger partial charge in [-0.05, 0) is 23.7 Å². The van der Waals surface area contributed by atoms with Crippen molar-refractivity contribution in [3.63, 3.8) is 0 Å². The Hall–Kier alpha value is 0.340. The topological polar surface area (TPSA) is 17.1 Å². The second kappa shape index (κ2) is 6.74. The largest absolute Gasteiger partial charge is 0.276 e. The summed E-state index contributed by atoms with van der Waals surface area (Å²) in [5.74, 6) is 0. The van der Waals surface area contributed by atoms with E-state index in [0.29, 0.717) is 5.02 Å². The van der Waals surface area contributed by atoms with Gasteiger partial charge in [0.15, 0.2) is 0 Å². The lowest BCUT2D eigenvalue weighted by Gasteiger charge is -1.98. The Morgan fingerprint density at radius 1 is 1.15 bits per heavy atom. The van der Waals surface area contributed by atoms with Crippen molar-refractivity contribution in [3.05, 3.63) is 33.8 Å². The zero-order chi connectivity index (χ0) is 8.43. The van der Waals surface area contributed by atoms with Crippen molar-refractivity contribution in [3.8, 4) is 0 Å². The van der Waals surface area contributed by atoms with Gasteiger partial charge in [0, 0.05) is 0 Å². The van der Waals surface area contributed by atoms with E-state index in [0.717, 1.165) is 0 Å². The lowest BCUT2D eigenvalue weighted by Crippen LogP contribution is -1.89. The average molecular weight is 282 g/mol. The van der Waals surface area contributed by atoms with Gasteiger partial charge in [0.2, 0.25) is 0 Å². The van der Waals surface area contributed by atoms with Gasteiger partial charge in [-0.25, -0.2) is 0 Å². The van der Waals surface area contributed by atoms with Crippen LogP contribution in [0.25, 0.3) is 0 Å². The van der Waals surface area contributed by atoms with Crippen molar-refractivity contribution in [1.82, 2.24) is 0 Å². The third-order valence-corrected chi connectivity index (χ3v) is 2.19. The van der Waals surface area contributed by atoms with Crippen LogP contribution in [0.4, 0.5) is 0 Å². The molecule has 0 aliphatic heterocycles. The Morgan fingerprint density at radius 2 is 1.69 bits per heavy atom. The lowest BCUT2D eigenvalue weighted by molar-refractivity contribution is 0.108. The molecule has 0 aliphatic rings.